The average molecular weight is 401 g/mol. The number of carbonyl (C=O) groups is 1. The van der Waals surface area contributed by atoms with Crippen LogP contribution in [0.25, 0.3) is 10.2 Å². The lowest BCUT2D eigenvalue weighted by Crippen LogP contribution is -2.50. The highest BCUT2D eigenvalue weighted by Crippen LogP contribution is 2.31. The number of nitrogens with one attached hydrogen (secondary N) is 1. The summed E-state index contributed by atoms with van der Waals surface area (Å²) in [6.45, 7) is 5.33. The summed E-state index contributed by atoms with van der Waals surface area (Å²) in [5.41, 5.74) is 0. The molecule has 1 N–H and O–H groups in total. The molecule has 0 radical (unpaired) electrons. The Labute approximate surface area is 166 Å². The number of rotatable bonds is 5. The van der Waals surface area contributed by atoms with Crippen LogP contribution in [0.1, 0.15) is 11.8 Å². The van der Waals surface area contributed by atoms with E-state index in [0.29, 0.717) is 5.75 Å². The molecule has 3 aromatic heterocycles. The summed E-state index contributed by atoms with van der Waals surface area (Å²) in [6, 6.07) is 8.22. The Balaban J connectivity index is 1.35. The molecule has 0 bridgehead atoms. The lowest BCUT2D eigenvalue weighted by atomic mass is 10.3. The normalized spacial score (nSPS) is 14.7. The second-order valence-corrected chi connectivity index (χ2v) is 8.45. The van der Waals surface area contributed by atoms with Crippen molar-refractivity contribution in [1.82, 2.24) is 14.9 Å². The number of thioether (sulfide) groups is 1. The number of aryl methyl sites for hydroxylation is 1. The SMILES string of the molecule is CCc1cc2c(SCC(=O)N3CCN(c4cccc[nH+]4)CC3)ncnc2s1. The highest BCUT2D eigenvalue weighted by atomic mass is 32.2. The van der Waals surface area contributed by atoms with Crippen LogP contribution in [0.5, 0.6) is 0 Å². The van der Waals surface area contributed by atoms with E-state index in [2.05, 4.69) is 38.9 Å². The molecule has 0 spiro atoms. The minimum atomic E-state index is 0.175. The third-order valence-corrected chi connectivity index (χ3v) is 6.87. The van der Waals surface area contributed by atoms with E-state index >= 15 is 0 Å². The van der Waals surface area contributed by atoms with Crippen LogP contribution in [0.2, 0.25) is 0 Å². The molecule has 6 nitrogen and oxygen atoms in total. The minimum absolute atomic E-state index is 0.175. The van der Waals surface area contributed by atoms with Gasteiger partial charge in [-0.3, -0.25) is 9.69 Å². The van der Waals surface area contributed by atoms with Gasteiger partial charge < -0.3 is 4.90 Å². The quantitative estimate of drug-likeness (QED) is 0.486. The maximum atomic E-state index is 12.7. The van der Waals surface area contributed by atoms with Gasteiger partial charge in [-0.05, 0) is 18.6 Å². The van der Waals surface area contributed by atoms with E-state index in [1.54, 1.807) is 17.7 Å². The van der Waals surface area contributed by atoms with E-state index in [1.165, 1.54) is 16.6 Å². The molecular formula is C19H22N5OS2+. The van der Waals surface area contributed by atoms with Crippen molar-refractivity contribution in [2.24, 2.45) is 0 Å². The number of thiophene rings is 1. The highest BCUT2D eigenvalue weighted by Gasteiger charge is 2.26. The number of hydrogen-bond donors (Lipinski definition) is 0. The zero-order valence-corrected chi connectivity index (χ0v) is 16.9. The Hall–Kier alpha value is -2.19. The van der Waals surface area contributed by atoms with E-state index < -0.39 is 0 Å². The van der Waals surface area contributed by atoms with Crippen LogP contribution in [0.3, 0.4) is 0 Å². The predicted molar refractivity (Wildman–Crippen MR) is 109 cm³/mol. The Kier molecular flexibility index (Phi) is 5.54. The number of fused-ring (bicyclic) bond motifs is 1. The largest absolute Gasteiger partial charge is 0.334 e. The summed E-state index contributed by atoms with van der Waals surface area (Å²) >= 11 is 3.22. The number of pyridine rings is 1. The van der Waals surface area contributed by atoms with Crippen molar-refractivity contribution in [1.29, 1.82) is 0 Å². The lowest BCUT2D eigenvalue weighted by Gasteiger charge is -2.30. The second-order valence-electron chi connectivity index (χ2n) is 6.37. The number of anilines is 1. The zero-order chi connectivity index (χ0) is 18.6. The van der Waals surface area contributed by atoms with Crippen molar-refractivity contribution in [2.45, 2.75) is 18.4 Å². The van der Waals surface area contributed by atoms with Gasteiger partial charge in [0.15, 0.2) is 0 Å². The summed E-state index contributed by atoms with van der Waals surface area (Å²) in [6.07, 6.45) is 4.52. The molecule has 8 heteroatoms. The number of nitrogens with zero attached hydrogens (tertiary/aromatic N) is 4. The number of piperazine rings is 1. The first-order valence-electron chi connectivity index (χ1n) is 9.10. The van der Waals surface area contributed by atoms with Crippen molar-refractivity contribution in [3.63, 3.8) is 0 Å². The summed E-state index contributed by atoms with van der Waals surface area (Å²) in [5.74, 6) is 1.70. The summed E-state index contributed by atoms with van der Waals surface area (Å²) < 4.78 is 0. The van der Waals surface area contributed by atoms with E-state index in [9.17, 15) is 4.79 Å². The van der Waals surface area contributed by atoms with Gasteiger partial charge in [0.1, 0.15) is 29.3 Å². The fraction of sp³-hybridized carbons (Fsp3) is 0.368. The highest BCUT2D eigenvalue weighted by molar-refractivity contribution is 8.00. The molecule has 4 heterocycles. The Bertz CT molecular complexity index is 922. The van der Waals surface area contributed by atoms with Gasteiger partial charge in [0, 0.05) is 16.3 Å². The van der Waals surface area contributed by atoms with E-state index in [-0.39, 0.29) is 5.91 Å². The van der Waals surface area contributed by atoms with Crippen LogP contribution in [0.4, 0.5) is 5.82 Å². The molecule has 0 unspecified atom stereocenters. The molecule has 4 rings (SSSR count). The van der Waals surface area contributed by atoms with E-state index in [1.807, 2.05) is 23.2 Å². The topological polar surface area (TPSA) is 63.5 Å². The molecule has 1 aliphatic heterocycles. The fourth-order valence-corrected chi connectivity index (χ4v) is 5.05. The summed E-state index contributed by atoms with van der Waals surface area (Å²) in [5, 5.41) is 1.98. The first kappa shape index (κ1) is 18.2. The van der Waals surface area contributed by atoms with Crippen LogP contribution in [0.15, 0.2) is 41.8 Å². The van der Waals surface area contributed by atoms with Gasteiger partial charge >= 0.3 is 0 Å². The zero-order valence-electron chi connectivity index (χ0n) is 15.2. The monoisotopic (exact) mass is 400 g/mol. The van der Waals surface area contributed by atoms with Gasteiger partial charge in [0.05, 0.1) is 25.0 Å². The van der Waals surface area contributed by atoms with Gasteiger partial charge in [-0.15, -0.1) is 11.3 Å². The maximum Gasteiger partial charge on any atom is 0.274 e. The molecule has 0 atom stereocenters. The Morgan fingerprint density at radius 1 is 1.26 bits per heavy atom. The van der Waals surface area contributed by atoms with Crippen molar-refractivity contribution >= 4 is 45.0 Å². The van der Waals surface area contributed by atoms with Crippen LogP contribution in [-0.4, -0.2) is 52.7 Å². The fourth-order valence-electron chi connectivity index (χ4n) is 3.17. The van der Waals surface area contributed by atoms with Crippen molar-refractivity contribution in [2.75, 3.05) is 36.8 Å². The molecule has 1 amide bonds. The van der Waals surface area contributed by atoms with Crippen molar-refractivity contribution in [3.8, 4) is 0 Å². The van der Waals surface area contributed by atoms with Gasteiger partial charge in [0.2, 0.25) is 5.91 Å². The third-order valence-electron chi connectivity index (χ3n) is 4.69. The predicted octanol–water partition coefficient (Wildman–Crippen LogP) is 2.51. The second kappa shape index (κ2) is 8.22. The van der Waals surface area contributed by atoms with Gasteiger partial charge in [-0.1, -0.05) is 24.8 Å². The molecule has 1 saturated heterocycles. The van der Waals surface area contributed by atoms with Crippen LogP contribution < -0.4 is 9.88 Å². The Morgan fingerprint density at radius 3 is 2.85 bits per heavy atom. The third kappa shape index (κ3) is 4.06. The number of aromatic nitrogens is 3. The molecule has 140 valence electrons. The molecule has 1 aliphatic rings. The van der Waals surface area contributed by atoms with Gasteiger partial charge in [-0.2, -0.15) is 0 Å². The van der Waals surface area contributed by atoms with E-state index in [0.717, 1.165) is 53.7 Å². The minimum Gasteiger partial charge on any atom is -0.334 e. The number of H-pyrrole nitrogens is 1. The summed E-state index contributed by atoms with van der Waals surface area (Å²) in [4.78, 5) is 31.2. The molecular weight excluding hydrogens is 378 g/mol. The Morgan fingerprint density at radius 2 is 2.11 bits per heavy atom. The molecule has 0 aromatic carbocycles. The standard InChI is InChI=1S/C19H21N5OS2/c1-2-14-11-15-18(21-13-22-19(15)27-14)26-12-17(25)24-9-7-23(8-10-24)16-5-3-4-6-20-16/h3-6,11,13H,2,7-10,12H2,1H3/p+1. The van der Waals surface area contributed by atoms with Crippen LogP contribution >= 0.6 is 23.1 Å². The van der Waals surface area contributed by atoms with Gasteiger partial charge in [-0.25, -0.2) is 15.0 Å². The average Bonchev–Trinajstić information content (AvgIpc) is 3.17. The van der Waals surface area contributed by atoms with E-state index in [4.69, 9.17) is 0 Å². The van der Waals surface area contributed by atoms with Crippen molar-refractivity contribution in [3.05, 3.63) is 41.7 Å². The number of aromatic amines is 1. The molecule has 0 saturated carbocycles. The first-order chi connectivity index (χ1) is 13.2. The smallest absolute Gasteiger partial charge is 0.274 e. The first-order valence-corrected chi connectivity index (χ1v) is 10.9. The summed E-state index contributed by atoms with van der Waals surface area (Å²) in [7, 11) is 0. The molecule has 3 aromatic rings. The maximum absolute atomic E-state index is 12.7. The molecule has 27 heavy (non-hydrogen) atoms. The number of hydrogen-bond acceptors (Lipinski definition) is 6. The van der Waals surface area contributed by atoms with Gasteiger partial charge in [0.25, 0.3) is 5.82 Å². The van der Waals surface area contributed by atoms with Crippen LogP contribution in [0, 0.1) is 0 Å². The molecule has 0 aliphatic carbocycles. The number of amides is 1. The number of carbonyl (C=O) groups excluding carboxylic acids is 1. The lowest BCUT2D eigenvalue weighted by molar-refractivity contribution is -0.364. The van der Waals surface area contributed by atoms with Crippen LogP contribution in [-0.2, 0) is 11.2 Å². The van der Waals surface area contributed by atoms with Crippen molar-refractivity contribution < 1.29 is 9.78 Å². The molecule has 1 fully saturated rings.